The Labute approximate surface area is 87.9 Å². The van der Waals surface area contributed by atoms with Crippen LogP contribution in [0.3, 0.4) is 0 Å². The first kappa shape index (κ1) is 11.2. The number of rotatable bonds is 5. The van der Waals surface area contributed by atoms with E-state index in [9.17, 15) is 4.79 Å². The van der Waals surface area contributed by atoms with E-state index in [1.807, 2.05) is 6.92 Å². The van der Waals surface area contributed by atoms with E-state index in [-0.39, 0.29) is 11.7 Å². The van der Waals surface area contributed by atoms with Gasteiger partial charge in [0.2, 0.25) is 0 Å². The first-order valence-electron chi connectivity index (χ1n) is 4.57. The topological polar surface area (TPSA) is 75.1 Å². The molecule has 0 spiro atoms. The molecule has 0 aliphatic rings. The summed E-state index contributed by atoms with van der Waals surface area (Å²) in [5.41, 5.74) is -0.0617. The highest BCUT2D eigenvalue weighted by atomic mass is 16.4. The highest BCUT2D eigenvalue weighted by molar-refractivity contribution is 5.90. The normalized spacial score (nSPS) is 11.8. The zero-order chi connectivity index (χ0) is 11.3. The Morgan fingerprint density at radius 3 is 2.93 bits per heavy atom. The number of carbonyl (C=O) groups is 1. The van der Waals surface area contributed by atoms with Crippen LogP contribution in [0.5, 0.6) is 0 Å². The molecule has 15 heavy (non-hydrogen) atoms. The minimum absolute atomic E-state index is 0.0617. The fraction of sp³-hybridized carbons (Fsp3) is 0.300. The second kappa shape index (κ2) is 5.09. The largest absolute Gasteiger partial charge is 0.476 e. The Kier molecular flexibility index (Phi) is 3.79. The molecule has 0 saturated carbocycles. The van der Waals surface area contributed by atoms with Gasteiger partial charge in [0.25, 0.3) is 0 Å². The lowest BCUT2D eigenvalue weighted by molar-refractivity contribution is 0.0691. The van der Waals surface area contributed by atoms with E-state index >= 15 is 0 Å². The monoisotopic (exact) mass is 207 g/mol. The molecule has 1 heterocycles. The summed E-state index contributed by atoms with van der Waals surface area (Å²) < 4.78 is 0. The molecule has 0 bridgehead atoms. The van der Waals surface area contributed by atoms with Gasteiger partial charge in [0.1, 0.15) is 0 Å². The van der Waals surface area contributed by atoms with Gasteiger partial charge in [0.05, 0.1) is 0 Å². The van der Waals surface area contributed by atoms with Gasteiger partial charge in [-0.05, 0) is 13.3 Å². The van der Waals surface area contributed by atoms with Crippen LogP contribution in [0.2, 0.25) is 0 Å². The van der Waals surface area contributed by atoms with Crippen LogP contribution in [-0.4, -0.2) is 27.1 Å². The molecule has 1 aromatic rings. The molecule has 0 aromatic carbocycles. The quantitative estimate of drug-likeness (QED) is 0.716. The summed E-state index contributed by atoms with van der Waals surface area (Å²) in [6.07, 6.45) is 5.30. The first-order valence-corrected chi connectivity index (χ1v) is 4.57. The molecule has 0 amide bonds. The maximum Gasteiger partial charge on any atom is 0.358 e. The van der Waals surface area contributed by atoms with Gasteiger partial charge in [-0.1, -0.05) is 6.08 Å². The Morgan fingerprint density at radius 1 is 1.67 bits per heavy atom. The van der Waals surface area contributed by atoms with Crippen LogP contribution in [0.15, 0.2) is 25.0 Å². The zero-order valence-electron chi connectivity index (χ0n) is 8.47. The molecular formula is C10H13N3O2. The molecule has 0 saturated heterocycles. The van der Waals surface area contributed by atoms with Crippen LogP contribution in [0.25, 0.3) is 0 Å². The Morgan fingerprint density at radius 2 is 2.33 bits per heavy atom. The van der Waals surface area contributed by atoms with Gasteiger partial charge < -0.3 is 10.4 Å². The predicted molar refractivity (Wildman–Crippen MR) is 56.9 cm³/mol. The molecule has 1 aromatic heterocycles. The second-order valence-corrected chi connectivity index (χ2v) is 3.13. The van der Waals surface area contributed by atoms with Gasteiger partial charge in [-0.25, -0.2) is 14.8 Å². The average Bonchev–Trinajstić information content (AvgIpc) is 2.18. The molecule has 80 valence electrons. The molecule has 0 radical (unpaired) electrons. The average molecular weight is 207 g/mol. The van der Waals surface area contributed by atoms with Crippen molar-refractivity contribution in [1.82, 2.24) is 9.97 Å². The summed E-state index contributed by atoms with van der Waals surface area (Å²) in [6, 6.07) is 0.0808. The van der Waals surface area contributed by atoms with Crippen LogP contribution in [-0.2, 0) is 0 Å². The minimum atomic E-state index is -1.09. The van der Waals surface area contributed by atoms with Crippen molar-refractivity contribution in [3.8, 4) is 0 Å². The lowest BCUT2D eigenvalue weighted by Gasteiger charge is -2.13. The number of aromatic carboxylic acids is 1. The predicted octanol–water partition coefficient (Wildman–Crippen LogP) is 1.55. The first-order chi connectivity index (χ1) is 7.15. The van der Waals surface area contributed by atoms with Crippen LogP contribution >= 0.6 is 0 Å². The number of hydrogen-bond acceptors (Lipinski definition) is 4. The van der Waals surface area contributed by atoms with Crippen molar-refractivity contribution in [1.29, 1.82) is 0 Å². The van der Waals surface area contributed by atoms with Crippen molar-refractivity contribution < 1.29 is 9.90 Å². The molecule has 0 aliphatic carbocycles. The summed E-state index contributed by atoms with van der Waals surface area (Å²) in [4.78, 5) is 18.5. The summed E-state index contributed by atoms with van der Waals surface area (Å²) in [7, 11) is 0. The van der Waals surface area contributed by atoms with Crippen molar-refractivity contribution >= 4 is 11.8 Å². The standard InChI is InChI=1S/C10H13N3O2/c1-3-4-7(2)13-9-8(10(14)15)11-5-6-12-9/h3,5-7H,1,4H2,2H3,(H,12,13)(H,14,15). The highest BCUT2D eigenvalue weighted by Gasteiger charge is 2.13. The number of aromatic nitrogens is 2. The van der Waals surface area contributed by atoms with E-state index in [0.29, 0.717) is 5.82 Å². The Hall–Kier alpha value is -1.91. The van der Waals surface area contributed by atoms with Crippen LogP contribution < -0.4 is 5.32 Å². The van der Waals surface area contributed by atoms with E-state index in [1.54, 1.807) is 6.08 Å². The van der Waals surface area contributed by atoms with E-state index in [0.717, 1.165) is 6.42 Å². The van der Waals surface area contributed by atoms with Crippen LogP contribution in [0.1, 0.15) is 23.8 Å². The van der Waals surface area contributed by atoms with Crippen molar-refractivity contribution in [3.05, 3.63) is 30.7 Å². The lowest BCUT2D eigenvalue weighted by atomic mass is 10.2. The van der Waals surface area contributed by atoms with Crippen molar-refractivity contribution in [2.75, 3.05) is 5.32 Å². The smallest absolute Gasteiger partial charge is 0.358 e. The Balaban J connectivity index is 2.84. The van der Waals surface area contributed by atoms with E-state index in [4.69, 9.17) is 5.11 Å². The lowest BCUT2D eigenvalue weighted by Crippen LogP contribution is -2.18. The van der Waals surface area contributed by atoms with Gasteiger partial charge in [-0.2, -0.15) is 0 Å². The molecule has 1 atom stereocenters. The van der Waals surface area contributed by atoms with E-state index in [2.05, 4.69) is 21.9 Å². The van der Waals surface area contributed by atoms with Crippen LogP contribution in [0, 0.1) is 0 Å². The Bertz CT molecular complexity index is 365. The summed E-state index contributed by atoms with van der Waals surface area (Å²) in [5.74, 6) is -0.796. The maximum absolute atomic E-state index is 10.8. The third kappa shape index (κ3) is 3.05. The minimum Gasteiger partial charge on any atom is -0.476 e. The molecule has 2 N–H and O–H groups in total. The molecule has 1 unspecified atom stereocenters. The van der Waals surface area contributed by atoms with E-state index < -0.39 is 5.97 Å². The van der Waals surface area contributed by atoms with Crippen molar-refractivity contribution in [2.24, 2.45) is 0 Å². The summed E-state index contributed by atoms with van der Waals surface area (Å²) in [5, 5.41) is 11.8. The van der Waals surface area contributed by atoms with Crippen molar-refractivity contribution in [3.63, 3.8) is 0 Å². The number of anilines is 1. The molecule has 5 heteroatoms. The maximum atomic E-state index is 10.8. The number of nitrogens with zero attached hydrogens (tertiary/aromatic N) is 2. The molecule has 5 nitrogen and oxygen atoms in total. The fourth-order valence-corrected chi connectivity index (χ4v) is 1.14. The molecule has 0 fully saturated rings. The SMILES string of the molecule is C=CCC(C)Nc1nccnc1C(=O)O. The number of hydrogen-bond donors (Lipinski definition) is 2. The number of carboxylic acids is 1. The summed E-state index contributed by atoms with van der Waals surface area (Å²) >= 11 is 0. The van der Waals surface area contributed by atoms with Crippen molar-refractivity contribution in [2.45, 2.75) is 19.4 Å². The van der Waals surface area contributed by atoms with Gasteiger partial charge >= 0.3 is 5.97 Å². The van der Waals surface area contributed by atoms with Gasteiger partial charge in [-0.15, -0.1) is 6.58 Å². The van der Waals surface area contributed by atoms with Gasteiger partial charge in [0.15, 0.2) is 11.5 Å². The number of nitrogens with one attached hydrogen (secondary N) is 1. The van der Waals surface area contributed by atoms with Gasteiger partial charge in [-0.3, -0.25) is 0 Å². The zero-order valence-corrected chi connectivity index (χ0v) is 8.47. The molecule has 1 rings (SSSR count). The molecular weight excluding hydrogens is 194 g/mol. The summed E-state index contributed by atoms with van der Waals surface area (Å²) in [6.45, 7) is 5.53. The third-order valence-electron chi connectivity index (χ3n) is 1.80. The number of carboxylic acid groups (broad SMARTS) is 1. The third-order valence-corrected chi connectivity index (χ3v) is 1.80. The van der Waals surface area contributed by atoms with Gasteiger partial charge in [0, 0.05) is 18.4 Å². The molecule has 0 aliphatic heterocycles. The second-order valence-electron chi connectivity index (χ2n) is 3.13. The van der Waals surface area contributed by atoms with E-state index in [1.165, 1.54) is 12.4 Å². The fourth-order valence-electron chi connectivity index (χ4n) is 1.14. The highest BCUT2D eigenvalue weighted by Crippen LogP contribution is 2.10. The van der Waals surface area contributed by atoms with Crippen LogP contribution in [0.4, 0.5) is 5.82 Å².